The van der Waals surface area contributed by atoms with Crippen LogP contribution in [0.2, 0.25) is 0 Å². The molecule has 2 aromatic rings. The van der Waals surface area contributed by atoms with Crippen molar-refractivity contribution < 1.29 is 4.79 Å². The van der Waals surface area contributed by atoms with Crippen molar-refractivity contribution >= 4 is 29.0 Å². The topological polar surface area (TPSA) is 23.6 Å². The molecule has 3 nitrogen and oxygen atoms in total. The molecule has 1 aromatic carbocycles. The van der Waals surface area contributed by atoms with Gasteiger partial charge in [0.25, 0.3) is 5.91 Å². The van der Waals surface area contributed by atoms with Gasteiger partial charge < -0.3 is 9.80 Å². The minimum atomic E-state index is 0.00856. The number of nitrogens with zero attached hydrogens (tertiary/aromatic N) is 2. The molecule has 1 heterocycles. The Balaban J connectivity index is 2.12. The molecule has 0 N–H and O–H groups in total. The molecule has 0 spiro atoms. The molecule has 1 amide bonds. The highest BCUT2D eigenvalue weighted by atomic mass is 32.1. The van der Waals surface area contributed by atoms with Gasteiger partial charge in [0.05, 0.1) is 0 Å². The zero-order chi connectivity index (χ0) is 15.1. The Bertz CT molecular complexity index is 576. The van der Waals surface area contributed by atoms with Gasteiger partial charge in [-0.3, -0.25) is 4.79 Å². The number of carbonyl (C=O) groups excluding carboxylic acids is 1. The van der Waals surface area contributed by atoms with E-state index in [4.69, 9.17) is 0 Å². The van der Waals surface area contributed by atoms with Gasteiger partial charge in [-0.15, -0.1) is 0 Å². The summed E-state index contributed by atoms with van der Waals surface area (Å²) in [6.07, 6.45) is 3.51. The molecular formula is C17H20N2OS. The Kier molecular flexibility index (Phi) is 5.72. The lowest BCUT2D eigenvalue weighted by atomic mass is 10.2. The second-order valence-electron chi connectivity index (χ2n) is 5.02. The predicted octanol–water partition coefficient (Wildman–Crippen LogP) is 3.36. The van der Waals surface area contributed by atoms with Gasteiger partial charge in [-0.05, 0) is 54.7 Å². The van der Waals surface area contributed by atoms with Crippen molar-refractivity contribution in [3.8, 4) is 0 Å². The maximum absolute atomic E-state index is 12.5. The van der Waals surface area contributed by atoms with Crippen molar-refractivity contribution in [2.45, 2.75) is 0 Å². The van der Waals surface area contributed by atoms with Gasteiger partial charge >= 0.3 is 0 Å². The van der Waals surface area contributed by atoms with E-state index in [9.17, 15) is 4.79 Å². The Morgan fingerprint density at radius 1 is 1.14 bits per heavy atom. The number of benzene rings is 1. The number of carbonyl (C=O) groups is 1. The van der Waals surface area contributed by atoms with E-state index in [0.29, 0.717) is 6.54 Å². The smallest absolute Gasteiger partial charge is 0.251 e. The van der Waals surface area contributed by atoms with E-state index in [0.717, 1.165) is 17.8 Å². The zero-order valence-corrected chi connectivity index (χ0v) is 13.2. The molecule has 1 aromatic heterocycles. The highest BCUT2D eigenvalue weighted by Crippen LogP contribution is 2.15. The van der Waals surface area contributed by atoms with Crippen molar-refractivity contribution in [3.05, 3.63) is 58.8 Å². The molecule has 0 saturated carbocycles. The quantitative estimate of drug-likeness (QED) is 0.764. The Morgan fingerprint density at radius 2 is 1.90 bits per heavy atom. The third-order valence-electron chi connectivity index (χ3n) is 3.07. The van der Waals surface area contributed by atoms with Crippen LogP contribution in [0.5, 0.6) is 0 Å². The summed E-state index contributed by atoms with van der Waals surface area (Å²) in [7, 11) is 4.02. The van der Waals surface area contributed by atoms with Gasteiger partial charge in [0.15, 0.2) is 0 Å². The molecule has 0 bridgehead atoms. The maximum Gasteiger partial charge on any atom is 0.251 e. The molecular weight excluding hydrogens is 280 g/mol. The fourth-order valence-electron chi connectivity index (χ4n) is 1.90. The minimum absolute atomic E-state index is 0.00856. The molecule has 0 aliphatic rings. The molecule has 0 aliphatic carbocycles. The summed E-state index contributed by atoms with van der Waals surface area (Å²) >= 11 is 1.63. The number of thiophene rings is 1. The summed E-state index contributed by atoms with van der Waals surface area (Å²) in [5, 5.41) is 4.03. The number of para-hydroxylation sites is 1. The summed E-state index contributed by atoms with van der Waals surface area (Å²) in [4.78, 5) is 16.4. The van der Waals surface area contributed by atoms with Crippen molar-refractivity contribution in [1.29, 1.82) is 0 Å². The van der Waals surface area contributed by atoms with Gasteiger partial charge in [-0.2, -0.15) is 11.3 Å². The van der Waals surface area contributed by atoms with Gasteiger partial charge in [-0.1, -0.05) is 18.2 Å². The van der Waals surface area contributed by atoms with Crippen LogP contribution in [0.15, 0.2) is 53.2 Å². The Morgan fingerprint density at radius 3 is 2.52 bits per heavy atom. The first-order valence-corrected chi connectivity index (χ1v) is 7.82. The first-order chi connectivity index (χ1) is 10.2. The van der Waals surface area contributed by atoms with Crippen molar-refractivity contribution in [1.82, 2.24) is 4.90 Å². The van der Waals surface area contributed by atoms with Gasteiger partial charge in [0.2, 0.25) is 0 Å². The van der Waals surface area contributed by atoms with Gasteiger partial charge in [0, 0.05) is 24.9 Å². The highest BCUT2D eigenvalue weighted by molar-refractivity contribution is 7.08. The number of rotatable bonds is 6. The molecule has 110 valence electrons. The van der Waals surface area contributed by atoms with Crippen LogP contribution in [-0.4, -0.2) is 38.0 Å². The van der Waals surface area contributed by atoms with Crippen molar-refractivity contribution in [3.63, 3.8) is 0 Å². The molecule has 0 fully saturated rings. The average molecular weight is 300 g/mol. The highest BCUT2D eigenvalue weighted by Gasteiger charge is 2.12. The summed E-state index contributed by atoms with van der Waals surface area (Å²) in [5.41, 5.74) is 1.99. The van der Waals surface area contributed by atoms with E-state index in [1.54, 1.807) is 17.4 Å². The average Bonchev–Trinajstić information content (AvgIpc) is 2.99. The van der Waals surface area contributed by atoms with Crippen LogP contribution >= 0.6 is 11.3 Å². The van der Waals surface area contributed by atoms with Crippen LogP contribution in [0.1, 0.15) is 5.56 Å². The molecule has 2 rings (SSSR count). The number of likely N-dealkylation sites (N-methyl/N-ethyl adjacent to an activating group) is 1. The third kappa shape index (κ3) is 4.85. The predicted molar refractivity (Wildman–Crippen MR) is 90.7 cm³/mol. The lowest BCUT2D eigenvalue weighted by Gasteiger charge is -2.23. The van der Waals surface area contributed by atoms with E-state index >= 15 is 0 Å². The number of hydrogen-bond donors (Lipinski definition) is 0. The second kappa shape index (κ2) is 7.76. The molecule has 0 radical (unpaired) electrons. The monoisotopic (exact) mass is 300 g/mol. The van der Waals surface area contributed by atoms with Gasteiger partial charge in [-0.25, -0.2) is 0 Å². The summed E-state index contributed by atoms with van der Waals surface area (Å²) in [6.45, 7) is 1.50. The van der Waals surface area contributed by atoms with Crippen LogP contribution in [0, 0.1) is 0 Å². The van der Waals surface area contributed by atoms with Crippen LogP contribution < -0.4 is 4.90 Å². The first-order valence-electron chi connectivity index (χ1n) is 6.88. The lowest BCUT2D eigenvalue weighted by molar-refractivity contribution is -0.114. The molecule has 21 heavy (non-hydrogen) atoms. The standard InChI is InChI=1S/C17H20N2OS/c1-18(2)11-12-19(16-6-4-3-5-7-16)17(20)9-8-15-10-13-21-14-15/h3-10,13-14H,11-12H2,1-2H3/b9-8-. The largest absolute Gasteiger partial charge is 0.308 e. The number of amides is 1. The van der Waals surface area contributed by atoms with Crippen LogP contribution in [0.3, 0.4) is 0 Å². The normalized spacial score (nSPS) is 11.2. The Hall–Kier alpha value is -1.91. The maximum atomic E-state index is 12.5. The van der Waals surface area contributed by atoms with Crippen LogP contribution in [0.4, 0.5) is 5.69 Å². The van der Waals surface area contributed by atoms with E-state index in [2.05, 4.69) is 4.90 Å². The minimum Gasteiger partial charge on any atom is -0.308 e. The van der Waals surface area contributed by atoms with E-state index in [1.165, 1.54) is 0 Å². The van der Waals surface area contributed by atoms with Crippen molar-refractivity contribution in [2.75, 3.05) is 32.1 Å². The molecule has 0 aliphatic heterocycles. The summed E-state index contributed by atoms with van der Waals surface area (Å²) < 4.78 is 0. The number of anilines is 1. The third-order valence-corrected chi connectivity index (χ3v) is 3.77. The van der Waals surface area contributed by atoms with E-state index in [-0.39, 0.29) is 5.91 Å². The SMILES string of the molecule is CN(C)CCN(C(=O)/C=C\c1ccsc1)c1ccccc1. The molecule has 0 unspecified atom stereocenters. The van der Waals surface area contributed by atoms with Gasteiger partial charge in [0.1, 0.15) is 0 Å². The molecule has 0 atom stereocenters. The second-order valence-corrected chi connectivity index (χ2v) is 5.80. The summed E-state index contributed by atoms with van der Waals surface area (Å²) in [5.74, 6) is 0.00856. The molecule has 0 saturated heterocycles. The van der Waals surface area contributed by atoms with Crippen LogP contribution in [0.25, 0.3) is 6.08 Å². The lowest BCUT2D eigenvalue weighted by Crippen LogP contribution is -2.35. The van der Waals surface area contributed by atoms with Crippen molar-refractivity contribution in [2.24, 2.45) is 0 Å². The van der Waals surface area contributed by atoms with E-state index in [1.807, 2.05) is 72.2 Å². The van der Waals surface area contributed by atoms with Crippen LogP contribution in [-0.2, 0) is 4.79 Å². The number of hydrogen-bond acceptors (Lipinski definition) is 3. The summed E-state index contributed by atoms with van der Waals surface area (Å²) in [6, 6.07) is 11.8. The Labute approximate surface area is 130 Å². The fraction of sp³-hybridized carbons (Fsp3) is 0.235. The fourth-order valence-corrected chi connectivity index (χ4v) is 2.53. The molecule has 4 heteroatoms. The zero-order valence-electron chi connectivity index (χ0n) is 12.4. The van der Waals surface area contributed by atoms with E-state index < -0.39 is 0 Å². The first kappa shape index (κ1) is 15.5.